The van der Waals surface area contributed by atoms with Gasteiger partial charge in [0.15, 0.2) is 0 Å². The topological polar surface area (TPSA) is 49.3 Å². The van der Waals surface area contributed by atoms with Crippen LogP contribution in [0.2, 0.25) is 0 Å². The highest BCUT2D eigenvalue weighted by Crippen LogP contribution is 2.18. The molecule has 2 aromatic rings. The van der Waals surface area contributed by atoms with Gasteiger partial charge in [-0.2, -0.15) is 11.3 Å². The van der Waals surface area contributed by atoms with Gasteiger partial charge in [-0.05, 0) is 40.8 Å². The van der Waals surface area contributed by atoms with Crippen molar-refractivity contribution in [2.75, 3.05) is 6.54 Å². The number of rotatable bonds is 7. The first-order chi connectivity index (χ1) is 9.75. The fourth-order valence-corrected chi connectivity index (χ4v) is 2.68. The van der Waals surface area contributed by atoms with Crippen molar-refractivity contribution in [3.63, 3.8) is 0 Å². The van der Waals surface area contributed by atoms with Crippen LogP contribution in [0.15, 0.2) is 47.2 Å². The molecular weight excluding hydrogens is 270 g/mol. The molecule has 3 nitrogen and oxygen atoms in total. The first kappa shape index (κ1) is 14.8. The van der Waals surface area contributed by atoms with E-state index in [2.05, 4.69) is 5.32 Å². The molecule has 106 valence electrons. The molecule has 0 aliphatic heterocycles. The Bertz CT molecular complexity index is 511. The third kappa shape index (κ3) is 4.79. The summed E-state index contributed by atoms with van der Waals surface area (Å²) in [5.41, 5.74) is 2.09. The maximum absolute atomic E-state index is 11.7. The van der Waals surface area contributed by atoms with Gasteiger partial charge in [-0.15, -0.1) is 0 Å². The lowest BCUT2D eigenvalue weighted by molar-refractivity contribution is -0.121. The fraction of sp³-hybridized carbons (Fsp3) is 0.312. The summed E-state index contributed by atoms with van der Waals surface area (Å²) in [4.78, 5) is 11.7. The highest BCUT2D eigenvalue weighted by molar-refractivity contribution is 7.07. The summed E-state index contributed by atoms with van der Waals surface area (Å²) in [5.74, 6) is 0.0337. The Labute approximate surface area is 123 Å². The van der Waals surface area contributed by atoms with Gasteiger partial charge in [0.1, 0.15) is 0 Å². The lowest BCUT2D eigenvalue weighted by Crippen LogP contribution is -2.25. The Morgan fingerprint density at radius 3 is 2.75 bits per heavy atom. The number of aliphatic hydroxyl groups is 1. The van der Waals surface area contributed by atoms with E-state index in [1.54, 1.807) is 11.3 Å². The van der Waals surface area contributed by atoms with Crippen molar-refractivity contribution in [3.8, 4) is 0 Å². The van der Waals surface area contributed by atoms with Crippen molar-refractivity contribution < 1.29 is 9.90 Å². The zero-order chi connectivity index (χ0) is 14.2. The second-order valence-electron chi connectivity index (χ2n) is 4.70. The molecule has 0 radical (unpaired) electrons. The quantitative estimate of drug-likeness (QED) is 0.823. The zero-order valence-electron chi connectivity index (χ0n) is 11.3. The van der Waals surface area contributed by atoms with E-state index in [0.717, 1.165) is 12.0 Å². The molecule has 1 aromatic heterocycles. The van der Waals surface area contributed by atoms with Gasteiger partial charge in [0.25, 0.3) is 0 Å². The third-order valence-electron chi connectivity index (χ3n) is 3.15. The van der Waals surface area contributed by atoms with Crippen molar-refractivity contribution >= 4 is 17.2 Å². The zero-order valence-corrected chi connectivity index (χ0v) is 12.1. The number of amides is 1. The summed E-state index contributed by atoms with van der Waals surface area (Å²) in [5, 5.41) is 16.6. The summed E-state index contributed by atoms with van der Waals surface area (Å²) in [6, 6.07) is 11.9. The summed E-state index contributed by atoms with van der Waals surface area (Å²) in [6.07, 6.45) is 1.29. The average Bonchev–Trinajstić information content (AvgIpc) is 3.00. The van der Waals surface area contributed by atoms with Gasteiger partial charge in [0.05, 0.1) is 6.10 Å². The van der Waals surface area contributed by atoms with Gasteiger partial charge in [0.2, 0.25) is 5.91 Å². The van der Waals surface area contributed by atoms with Gasteiger partial charge in [-0.25, -0.2) is 0 Å². The molecular formula is C16H19NO2S. The van der Waals surface area contributed by atoms with E-state index in [1.807, 2.05) is 47.2 Å². The number of hydrogen-bond acceptors (Lipinski definition) is 3. The minimum Gasteiger partial charge on any atom is -0.388 e. The van der Waals surface area contributed by atoms with Crippen molar-refractivity contribution in [2.45, 2.75) is 25.4 Å². The molecule has 1 aromatic carbocycles. The van der Waals surface area contributed by atoms with E-state index < -0.39 is 6.10 Å². The van der Waals surface area contributed by atoms with E-state index in [1.165, 1.54) is 5.56 Å². The predicted octanol–water partition coefficient (Wildman–Crippen LogP) is 2.92. The van der Waals surface area contributed by atoms with Crippen LogP contribution < -0.4 is 5.32 Å². The molecule has 0 saturated heterocycles. The van der Waals surface area contributed by atoms with E-state index in [-0.39, 0.29) is 5.91 Å². The fourth-order valence-electron chi connectivity index (χ4n) is 1.97. The Morgan fingerprint density at radius 1 is 1.25 bits per heavy atom. The maximum Gasteiger partial charge on any atom is 0.220 e. The second-order valence-corrected chi connectivity index (χ2v) is 5.48. The maximum atomic E-state index is 11.7. The van der Waals surface area contributed by atoms with Crippen molar-refractivity contribution in [1.29, 1.82) is 0 Å². The lowest BCUT2D eigenvalue weighted by atomic mass is 10.1. The Morgan fingerprint density at radius 2 is 2.05 bits per heavy atom. The average molecular weight is 289 g/mol. The van der Waals surface area contributed by atoms with E-state index >= 15 is 0 Å². The molecule has 0 saturated carbocycles. The molecule has 0 aliphatic carbocycles. The smallest absolute Gasteiger partial charge is 0.220 e. The summed E-state index contributed by atoms with van der Waals surface area (Å²) in [6.45, 7) is 0.505. The van der Waals surface area contributed by atoms with E-state index in [9.17, 15) is 9.90 Å². The van der Waals surface area contributed by atoms with Crippen molar-refractivity contribution in [1.82, 2.24) is 5.32 Å². The minimum absolute atomic E-state index is 0.0337. The highest BCUT2D eigenvalue weighted by Gasteiger charge is 2.08. The van der Waals surface area contributed by atoms with Gasteiger partial charge in [0, 0.05) is 13.0 Å². The summed E-state index contributed by atoms with van der Waals surface area (Å²) in [7, 11) is 0. The molecule has 0 aliphatic rings. The van der Waals surface area contributed by atoms with Crippen LogP contribution in [-0.4, -0.2) is 17.6 Å². The standard InChI is InChI=1S/C16H19NO2S/c18-15(14-9-11-20-12-14)8-10-17-16(19)7-6-13-4-2-1-3-5-13/h1-5,9,11-12,15,18H,6-8,10H2,(H,17,19). The number of carbonyl (C=O) groups excluding carboxylic acids is 1. The van der Waals surface area contributed by atoms with Crippen LogP contribution >= 0.6 is 11.3 Å². The molecule has 0 bridgehead atoms. The van der Waals surface area contributed by atoms with Crippen molar-refractivity contribution in [3.05, 3.63) is 58.3 Å². The van der Waals surface area contributed by atoms with E-state index in [4.69, 9.17) is 0 Å². The SMILES string of the molecule is O=C(CCc1ccccc1)NCCC(O)c1ccsc1. The predicted molar refractivity (Wildman–Crippen MR) is 81.7 cm³/mol. The summed E-state index contributed by atoms with van der Waals surface area (Å²) < 4.78 is 0. The van der Waals surface area contributed by atoms with Crippen LogP contribution in [0.3, 0.4) is 0 Å². The Kier molecular flexibility index (Phi) is 5.77. The van der Waals surface area contributed by atoms with Gasteiger partial charge < -0.3 is 10.4 Å². The van der Waals surface area contributed by atoms with Crippen LogP contribution in [0.5, 0.6) is 0 Å². The Balaban J connectivity index is 1.63. The molecule has 0 fully saturated rings. The molecule has 0 spiro atoms. The monoisotopic (exact) mass is 289 g/mol. The number of benzene rings is 1. The minimum atomic E-state index is -0.490. The second kappa shape index (κ2) is 7.82. The number of carbonyl (C=O) groups is 1. The molecule has 1 amide bonds. The molecule has 4 heteroatoms. The molecule has 1 unspecified atom stereocenters. The third-order valence-corrected chi connectivity index (χ3v) is 3.85. The van der Waals surface area contributed by atoms with Crippen LogP contribution in [0.4, 0.5) is 0 Å². The molecule has 1 atom stereocenters. The Hall–Kier alpha value is -1.65. The largest absolute Gasteiger partial charge is 0.388 e. The van der Waals surface area contributed by atoms with Crippen LogP contribution in [0.25, 0.3) is 0 Å². The molecule has 1 heterocycles. The van der Waals surface area contributed by atoms with Gasteiger partial charge in [-0.1, -0.05) is 30.3 Å². The van der Waals surface area contributed by atoms with Crippen LogP contribution in [0.1, 0.15) is 30.1 Å². The van der Waals surface area contributed by atoms with Gasteiger partial charge in [-0.3, -0.25) is 4.79 Å². The summed E-state index contributed by atoms with van der Waals surface area (Å²) >= 11 is 1.57. The van der Waals surface area contributed by atoms with Gasteiger partial charge >= 0.3 is 0 Å². The lowest BCUT2D eigenvalue weighted by Gasteiger charge is -2.10. The van der Waals surface area contributed by atoms with Crippen LogP contribution in [-0.2, 0) is 11.2 Å². The number of hydrogen-bond donors (Lipinski definition) is 2. The first-order valence-electron chi connectivity index (χ1n) is 6.76. The molecule has 20 heavy (non-hydrogen) atoms. The number of nitrogens with one attached hydrogen (secondary N) is 1. The number of aryl methyl sites for hydroxylation is 1. The first-order valence-corrected chi connectivity index (χ1v) is 7.71. The number of aliphatic hydroxyl groups excluding tert-OH is 1. The number of thiophene rings is 1. The van der Waals surface area contributed by atoms with E-state index in [0.29, 0.717) is 19.4 Å². The molecule has 2 rings (SSSR count). The van der Waals surface area contributed by atoms with Crippen molar-refractivity contribution in [2.24, 2.45) is 0 Å². The highest BCUT2D eigenvalue weighted by atomic mass is 32.1. The normalized spacial score (nSPS) is 12.1. The van der Waals surface area contributed by atoms with Crippen LogP contribution in [0, 0.1) is 0 Å². The molecule has 2 N–H and O–H groups in total.